The average Bonchev–Trinajstić information content (AvgIpc) is 2.39. The zero-order valence-corrected chi connectivity index (χ0v) is 13.4. The van der Waals surface area contributed by atoms with Crippen LogP contribution in [0.5, 0.6) is 0 Å². The molecule has 1 fully saturated rings. The number of hydrogen-bond acceptors (Lipinski definition) is 2. The fraction of sp³-hybridized carbons (Fsp3) is 0.778. The molecule has 0 aromatic rings. The molecule has 1 saturated carbocycles. The van der Waals surface area contributed by atoms with Gasteiger partial charge in [-0.05, 0) is 51.4 Å². The summed E-state index contributed by atoms with van der Waals surface area (Å²) in [6, 6.07) is 0. The molecule has 0 spiro atoms. The van der Waals surface area contributed by atoms with E-state index in [4.69, 9.17) is 0 Å². The van der Waals surface area contributed by atoms with Gasteiger partial charge in [-0.1, -0.05) is 31.9 Å². The Labute approximate surface area is 124 Å². The smallest absolute Gasteiger partial charge is 0.139 e. The van der Waals surface area contributed by atoms with Gasteiger partial charge >= 0.3 is 0 Å². The fourth-order valence-electron chi connectivity index (χ4n) is 3.13. The molecule has 114 valence electrons. The van der Waals surface area contributed by atoms with E-state index < -0.39 is 0 Å². The normalized spacial score (nSPS) is 22.9. The summed E-state index contributed by atoms with van der Waals surface area (Å²) in [6.45, 7) is 5.71. The number of rotatable bonds is 3. The highest BCUT2D eigenvalue weighted by atomic mass is 16.1. The summed E-state index contributed by atoms with van der Waals surface area (Å²) in [6.07, 6.45) is 12.4. The van der Waals surface area contributed by atoms with Gasteiger partial charge in [0.05, 0.1) is 0 Å². The van der Waals surface area contributed by atoms with E-state index in [1.54, 1.807) is 6.92 Å². The first-order chi connectivity index (χ1) is 9.50. The predicted octanol–water partition coefficient (Wildman–Crippen LogP) is 4.87. The van der Waals surface area contributed by atoms with Crippen LogP contribution >= 0.6 is 0 Å². The molecule has 0 heterocycles. The monoisotopic (exact) mass is 278 g/mol. The Bertz CT molecular complexity index is 352. The molecular formula is C18H30O2. The molecule has 0 amide bonds. The molecule has 2 aliphatic rings. The van der Waals surface area contributed by atoms with Crippen molar-refractivity contribution in [3.63, 3.8) is 0 Å². The second-order valence-electron chi connectivity index (χ2n) is 6.59. The number of allylic oxidation sites excluding steroid dienone is 2. The van der Waals surface area contributed by atoms with Gasteiger partial charge in [0.1, 0.15) is 11.6 Å². The lowest BCUT2D eigenvalue weighted by molar-refractivity contribution is -0.123. The summed E-state index contributed by atoms with van der Waals surface area (Å²) in [4.78, 5) is 21.9. The Hall–Kier alpha value is -0.920. The lowest BCUT2D eigenvalue weighted by Crippen LogP contribution is -2.21. The highest BCUT2D eigenvalue weighted by molar-refractivity contribution is 5.84. The van der Waals surface area contributed by atoms with Gasteiger partial charge in [0, 0.05) is 18.8 Å². The molecule has 0 aromatic carbocycles. The maximum atomic E-state index is 11.7. The molecule has 0 bridgehead atoms. The summed E-state index contributed by atoms with van der Waals surface area (Å²) in [7, 11) is 0. The van der Waals surface area contributed by atoms with E-state index >= 15 is 0 Å². The molecule has 1 unspecified atom stereocenters. The Morgan fingerprint density at radius 2 is 1.90 bits per heavy atom. The van der Waals surface area contributed by atoms with Crippen molar-refractivity contribution in [3.05, 3.63) is 11.6 Å². The largest absolute Gasteiger partial charge is 0.300 e. The van der Waals surface area contributed by atoms with Gasteiger partial charge in [0.25, 0.3) is 0 Å². The zero-order valence-electron chi connectivity index (χ0n) is 13.4. The second kappa shape index (κ2) is 9.10. The molecular weight excluding hydrogens is 248 g/mol. The summed E-state index contributed by atoms with van der Waals surface area (Å²) in [5, 5.41) is 0. The second-order valence-corrected chi connectivity index (χ2v) is 6.59. The van der Waals surface area contributed by atoms with E-state index in [0.29, 0.717) is 17.6 Å². The molecule has 0 saturated heterocycles. The first kappa shape index (κ1) is 17.1. The number of ketones is 2. The van der Waals surface area contributed by atoms with Crippen molar-refractivity contribution in [2.24, 2.45) is 11.8 Å². The lowest BCUT2D eigenvalue weighted by Gasteiger charge is -2.25. The van der Waals surface area contributed by atoms with Crippen LogP contribution in [0.2, 0.25) is 0 Å². The summed E-state index contributed by atoms with van der Waals surface area (Å²) < 4.78 is 0. The van der Waals surface area contributed by atoms with Crippen LogP contribution < -0.4 is 0 Å². The van der Waals surface area contributed by atoms with Gasteiger partial charge < -0.3 is 4.79 Å². The zero-order chi connectivity index (χ0) is 15.0. The molecule has 0 radical (unpaired) electrons. The number of Topliss-reactive ketones (excluding diaryl/α,β-unsaturated/α-hetero) is 2. The number of hydrogen-bond donors (Lipinski definition) is 0. The Morgan fingerprint density at radius 1 is 1.20 bits per heavy atom. The molecule has 0 aromatic heterocycles. The van der Waals surface area contributed by atoms with Crippen LogP contribution in [0.4, 0.5) is 0 Å². The minimum absolute atomic E-state index is 0.287. The van der Waals surface area contributed by atoms with Crippen molar-refractivity contribution in [3.8, 4) is 0 Å². The lowest BCUT2D eigenvalue weighted by atomic mass is 9.79. The molecule has 2 aliphatic carbocycles. The van der Waals surface area contributed by atoms with Crippen LogP contribution in [-0.2, 0) is 9.59 Å². The highest BCUT2D eigenvalue weighted by Crippen LogP contribution is 2.32. The third-order valence-corrected chi connectivity index (χ3v) is 4.02. The van der Waals surface area contributed by atoms with Gasteiger partial charge in [0.2, 0.25) is 0 Å². The van der Waals surface area contributed by atoms with E-state index in [9.17, 15) is 9.59 Å². The predicted molar refractivity (Wildman–Crippen MR) is 83.7 cm³/mol. The van der Waals surface area contributed by atoms with Crippen molar-refractivity contribution < 1.29 is 9.59 Å². The molecule has 0 aliphatic heterocycles. The minimum atomic E-state index is 0.287. The SMILES string of the molecule is CC(=O)CC(C)C.O=C1CCCCC1C1=CCCCC1. The standard InChI is InChI=1S/C12H18O.C6H12O/c13-12-9-5-4-8-11(12)10-6-2-1-3-7-10;1-5(2)4-6(3)7/h6,11H,1-5,7-9H2;5H,4H2,1-3H3. The Morgan fingerprint density at radius 3 is 2.35 bits per heavy atom. The molecule has 2 rings (SSSR count). The van der Waals surface area contributed by atoms with Crippen molar-refractivity contribution in [1.82, 2.24) is 0 Å². The van der Waals surface area contributed by atoms with E-state index in [0.717, 1.165) is 25.7 Å². The van der Waals surface area contributed by atoms with Gasteiger partial charge in [-0.2, -0.15) is 0 Å². The van der Waals surface area contributed by atoms with Crippen LogP contribution in [0, 0.1) is 11.8 Å². The maximum Gasteiger partial charge on any atom is 0.139 e. The summed E-state index contributed by atoms with van der Waals surface area (Å²) in [5.74, 6) is 1.65. The van der Waals surface area contributed by atoms with E-state index in [1.807, 2.05) is 13.8 Å². The van der Waals surface area contributed by atoms with E-state index in [1.165, 1.54) is 37.7 Å². The van der Waals surface area contributed by atoms with Gasteiger partial charge in [-0.3, -0.25) is 4.79 Å². The topological polar surface area (TPSA) is 34.1 Å². The average molecular weight is 278 g/mol. The molecule has 2 heteroatoms. The third kappa shape index (κ3) is 6.49. The molecule has 2 nitrogen and oxygen atoms in total. The molecule has 20 heavy (non-hydrogen) atoms. The number of carbonyl (C=O) groups excluding carboxylic acids is 2. The Kier molecular flexibility index (Phi) is 7.79. The van der Waals surface area contributed by atoms with Crippen LogP contribution in [0.15, 0.2) is 11.6 Å². The molecule has 0 N–H and O–H groups in total. The number of carbonyl (C=O) groups is 2. The van der Waals surface area contributed by atoms with Crippen molar-refractivity contribution in [2.75, 3.05) is 0 Å². The van der Waals surface area contributed by atoms with Crippen LogP contribution in [0.3, 0.4) is 0 Å². The first-order valence-corrected chi connectivity index (χ1v) is 8.21. The minimum Gasteiger partial charge on any atom is -0.300 e. The van der Waals surface area contributed by atoms with Crippen LogP contribution in [0.1, 0.15) is 78.6 Å². The van der Waals surface area contributed by atoms with E-state index in [-0.39, 0.29) is 5.78 Å². The maximum absolute atomic E-state index is 11.7. The highest BCUT2D eigenvalue weighted by Gasteiger charge is 2.25. The van der Waals surface area contributed by atoms with Crippen molar-refractivity contribution >= 4 is 11.6 Å². The van der Waals surface area contributed by atoms with Gasteiger partial charge in [-0.15, -0.1) is 0 Å². The first-order valence-electron chi connectivity index (χ1n) is 8.21. The van der Waals surface area contributed by atoms with Gasteiger partial charge in [-0.25, -0.2) is 0 Å². The van der Waals surface area contributed by atoms with Gasteiger partial charge in [0.15, 0.2) is 0 Å². The fourth-order valence-corrected chi connectivity index (χ4v) is 3.13. The summed E-state index contributed by atoms with van der Waals surface area (Å²) in [5.41, 5.74) is 1.47. The Balaban J connectivity index is 0.000000246. The van der Waals surface area contributed by atoms with Crippen LogP contribution in [0.25, 0.3) is 0 Å². The van der Waals surface area contributed by atoms with Crippen molar-refractivity contribution in [2.45, 2.75) is 78.6 Å². The van der Waals surface area contributed by atoms with E-state index in [2.05, 4.69) is 6.08 Å². The molecule has 1 atom stereocenters. The quantitative estimate of drug-likeness (QED) is 0.690. The summed E-state index contributed by atoms with van der Waals surface area (Å²) >= 11 is 0. The van der Waals surface area contributed by atoms with Crippen LogP contribution in [-0.4, -0.2) is 11.6 Å². The van der Waals surface area contributed by atoms with Crippen molar-refractivity contribution in [1.29, 1.82) is 0 Å². The third-order valence-electron chi connectivity index (χ3n) is 4.02.